The van der Waals surface area contributed by atoms with Crippen LogP contribution in [-0.4, -0.2) is 29.8 Å². The maximum absolute atomic E-state index is 4.29. The Bertz CT molecular complexity index is 643. The summed E-state index contributed by atoms with van der Waals surface area (Å²) in [4.78, 5) is 4.29. The van der Waals surface area contributed by atoms with Crippen LogP contribution in [0.2, 0.25) is 0 Å². The second-order valence-corrected chi connectivity index (χ2v) is 4.56. The minimum atomic E-state index is 0.0518. The fourth-order valence-electron chi connectivity index (χ4n) is 2.04. The van der Waals surface area contributed by atoms with Crippen molar-refractivity contribution in [3.8, 4) is 0 Å². The third kappa shape index (κ3) is 2.74. The lowest BCUT2D eigenvalue weighted by Gasteiger charge is -2.14. The first-order chi connectivity index (χ1) is 9.83. The fraction of sp³-hybridized carbons (Fsp3) is 0.214. The lowest BCUT2D eigenvalue weighted by atomic mass is 10.2. The molecule has 6 heteroatoms. The van der Waals surface area contributed by atoms with Crippen molar-refractivity contribution in [1.29, 1.82) is 0 Å². The zero-order chi connectivity index (χ0) is 13.8. The average molecular weight is 267 g/mol. The van der Waals surface area contributed by atoms with E-state index in [1.54, 1.807) is 10.9 Å². The van der Waals surface area contributed by atoms with Crippen molar-refractivity contribution in [2.24, 2.45) is 0 Å². The molecule has 3 rings (SSSR count). The standard InChI is InChI=1S/C14H15N6/c1-12(19-8-4-5-9-19)11-20-14(16-17-18-20)10-13-6-2-3-7-15-13/h2-9,12H,1,10-11H2. The van der Waals surface area contributed by atoms with Crippen LogP contribution < -0.4 is 0 Å². The number of nitrogens with zero attached hydrogens (tertiary/aromatic N) is 6. The van der Waals surface area contributed by atoms with Crippen LogP contribution in [0.15, 0.2) is 48.9 Å². The van der Waals surface area contributed by atoms with Gasteiger partial charge >= 0.3 is 0 Å². The van der Waals surface area contributed by atoms with E-state index in [0.717, 1.165) is 11.5 Å². The van der Waals surface area contributed by atoms with Crippen LogP contribution in [0.1, 0.15) is 17.6 Å². The third-order valence-electron chi connectivity index (χ3n) is 3.10. The maximum Gasteiger partial charge on any atom is 0.157 e. The van der Waals surface area contributed by atoms with Gasteiger partial charge in [-0.3, -0.25) is 4.98 Å². The van der Waals surface area contributed by atoms with Crippen LogP contribution in [-0.2, 0) is 13.0 Å². The maximum atomic E-state index is 4.29. The smallest absolute Gasteiger partial charge is 0.157 e. The topological polar surface area (TPSA) is 61.4 Å². The van der Waals surface area contributed by atoms with E-state index in [1.807, 2.05) is 47.3 Å². The van der Waals surface area contributed by atoms with Gasteiger partial charge in [0.1, 0.15) is 0 Å². The molecule has 0 saturated heterocycles. The summed E-state index contributed by atoms with van der Waals surface area (Å²) < 4.78 is 3.82. The van der Waals surface area contributed by atoms with Gasteiger partial charge in [0.05, 0.1) is 19.0 Å². The molecule has 101 valence electrons. The number of hydrogen-bond donors (Lipinski definition) is 0. The summed E-state index contributed by atoms with van der Waals surface area (Å²) in [5.74, 6) is 0.796. The Labute approximate surface area is 117 Å². The molecule has 0 aromatic carbocycles. The Kier molecular flexibility index (Phi) is 3.54. The molecule has 0 spiro atoms. The third-order valence-corrected chi connectivity index (χ3v) is 3.10. The monoisotopic (exact) mass is 267 g/mol. The van der Waals surface area contributed by atoms with Crippen LogP contribution in [0, 0.1) is 6.92 Å². The fourth-order valence-corrected chi connectivity index (χ4v) is 2.04. The number of rotatable bonds is 5. The highest BCUT2D eigenvalue weighted by molar-refractivity contribution is 5.09. The molecule has 6 nitrogen and oxygen atoms in total. The molecule has 20 heavy (non-hydrogen) atoms. The molecule has 0 aliphatic rings. The van der Waals surface area contributed by atoms with Crippen molar-refractivity contribution in [1.82, 2.24) is 29.8 Å². The molecule has 3 aromatic rings. The zero-order valence-corrected chi connectivity index (χ0v) is 11.0. The van der Waals surface area contributed by atoms with Crippen LogP contribution in [0.5, 0.6) is 0 Å². The highest BCUT2D eigenvalue weighted by Gasteiger charge is 2.11. The van der Waals surface area contributed by atoms with Gasteiger partial charge in [0.25, 0.3) is 0 Å². The van der Waals surface area contributed by atoms with Gasteiger partial charge in [0.15, 0.2) is 5.82 Å². The van der Waals surface area contributed by atoms with Crippen molar-refractivity contribution in [3.05, 3.63) is 67.4 Å². The van der Waals surface area contributed by atoms with Crippen molar-refractivity contribution < 1.29 is 0 Å². The summed E-state index contributed by atoms with van der Waals surface area (Å²) in [5.41, 5.74) is 0.949. The van der Waals surface area contributed by atoms with Gasteiger partial charge in [-0.15, -0.1) is 5.10 Å². The first-order valence-corrected chi connectivity index (χ1v) is 6.43. The van der Waals surface area contributed by atoms with E-state index in [2.05, 4.69) is 27.4 Å². The van der Waals surface area contributed by atoms with Crippen LogP contribution in [0.4, 0.5) is 0 Å². The molecule has 3 aromatic heterocycles. The highest BCUT2D eigenvalue weighted by Crippen LogP contribution is 2.10. The van der Waals surface area contributed by atoms with Gasteiger partial charge in [-0.2, -0.15) is 0 Å². The van der Waals surface area contributed by atoms with E-state index >= 15 is 0 Å². The normalized spacial score (nSPS) is 12.4. The first-order valence-electron chi connectivity index (χ1n) is 6.43. The summed E-state index contributed by atoms with van der Waals surface area (Å²) >= 11 is 0. The van der Waals surface area contributed by atoms with Gasteiger partial charge in [0.2, 0.25) is 0 Å². The number of aromatic nitrogens is 6. The highest BCUT2D eigenvalue weighted by atomic mass is 15.5. The van der Waals surface area contributed by atoms with Gasteiger partial charge < -0.3 is 4.57 Å². The molecule has 0 N–H and O–H groups in total. The molecular formula is C14H15N6. The van der Waals surface area contributed by atoms with E-state index in [9.17, 15) is 0 Å². The van der Waals surface area contributed by atoms with Crippen LogP contribution in [0.3, 0.4) is 0 Å². The Morgan fingerprint density at radius 1 is 1.15 bits per heavy atom. The molecular weight excluding hydrogens is 252 g/mol. The Morgan fingerprint density at radius 3 is 2.75 bits per heavy atom. The molecule has 0 saturated carbocycles. The second-order valence-electron chi connectivity index (χ2n) is 4.56. The predicted molar refractivity (Wildman–Crippen MR) is 73.7 cm³/mol. The first kappa shape index (κ1) is 12.5. The summed E-state index contributed by atoms with van der Waals surface area (Å²) in [6, 6.07) is 9.83. The Morgan fingerprint density at radius 2 is 2.00 bits per heavy atom. The molecule has 0 aliphatic heterocycles. The largest absolute Gasteiger partial charge is 0.349 e. The lowest BCUT2D eigenvalue weighted by Crippen LogP contribution is -2.15. The minimum Gasteiger partial charge on any atom is -0.349 e. The number of tetrazole rings is 1. The molecule has 0 amide bonds. The van der Waals surface area contributed by atoms with E-state index in [4.69, 9.17) is 0 Å². The minimum absolute atomic E-state index is 0.0518. The van der Waals surface area contributed by atoms with E-state index in [-0.39, 0.29) is 6.04 Å². The zero-order valence-electron chi connectivity index (χ0n) is 11.0. The van der Waals surface area contributed by atoms with E-state index in [0.29, 0.717) is 13.0 Å². The molecule has 1 unspecified atom stereocenters. The van der Waals surface area contributed by atoms with Crippen molar-refractivity contribution in [2.45, 2.75) is 19.0 Å². The van der Waals surface area contributed by atoms with E-state index < -0.39 is 0 Å². The average Bonchev–Trinajstić information content (AvgIpc) is 3.12. The molecule has 1 atom stereocenters. The summed E-state index contributed by atoms with van der Waals surface area (Å²) in [7, 11) is 0. The van der Waals surface area contributed by atoms with Gasteiger partial charge in [-0.05, 0) is 41.6 Å². The van der Waals surface area contributed by atoms with Crippen LogP contribution >= 0.6 is 0 Å². The van der Waals surface area contributed by atoms with Gasteiger partial charge in [-0.25, -0.2) is 4.68 Å². The molecule has 1 radical (unpaired) electrons. The van der Waals surface area contributed by atoms with Crippen molar-refractivity contribution in [2.75, 3.05) is 0 Å². The SMILES string of the molecule is [CH2]C(Cn1nnnc1Cc1ccccn1)n1cccc1. The predicted octanol–water partition coefficient (Wildman–Crippen LogP) is 1.54. The molecule has 0 bridgehead atoms. The number of pyridine rings is 1. The Hall–Kier alpha value is -2.50. The lowest BCUT2D eigenvalue weighted by molar-refractivity contribution is 0.453. The van der Waals surface area contributed by atoms with Crippen molar-refractivity contribution >= 4 is 0 Å². The van der Waals surface area contributed by atoms with Crippen LogP contribution in [0.25, 0.3) is 0 Å². The molecule has 0 fully saturated rings. The summed E-state index contributed by atoms with van der Waals surface area (Å²) in [5, 5.41) is 11.9. The quantitative estimate of drug-likeness (QED) is 0.703. The Balaban J connectivity index is 1.74. The summed E-state index contributed by atoms with van der Waals surface area (Å²) in [6.07, 6.45) is 6.36. The molecule has 3 heterocycles. The van der Waals surface area contributed by atoms with Crippen molar-refractivity contribution in [3.63, 3.8) is 0 Å². The molecule has 0 aliphatic carbocycles. The number of hydrogen-bond acceptors (Lipinski definition) is 4. The van der Waals surface area contributed by atoms with Gasteiger partial charge in [0, 0.05) is 24.3 Å². The van der Waals surface area contributed by atoms with Gasteiger partial charge in [-0.1, -0.05) is 6.07 Å². The second kappa shape index (κ2) is 5.64. The van der Waals surface area contributed by atoms with E-state index in [1.165, 1.54) is 0 Å². The summed E-state index contributed by atoms with van der Waals surface area (Å²) in [6.45, 7) is 4.76.